The van der Waals surface area contributed by atoms with Crippen molar-refractivity contribution in [3.8, 4) is 5.75 Å². The summed E-state index contributed by atoms with van der Waals surface area (Å²) < 4.78 is 38.5. The lowest BCUT2D eigenvalue weighted by Gasteiger charge is -2.46. The van der Waals surface area contributed by atoms with Crippen LogP contribution in [0, 0.1) is 11.6 Å². The van der Waals surface area contributed by atoms with Gasteiger partial charge in [0.25, 0.3) is 6.47 Å². The second-order valence-corrected chi connectivity index (χ2v) is 6.76. The molecular formula is C18H25F2NO6. The van der Waals surface area contributed by atoms with Crippen molar-refractivity contribution in [2.45, 2.75) is 43.6 Å². The lowest BCUT2D eigenvalue weighted by atomic mass is 9.82. The third-order valence-electron chi connectivity index (χ3n) is 5.11. The van der Waals surface area contributed by atoms with E-state index in [1.165, 1.54) is 13.2 Å². The van der Waals surface area contributed by atoms with Crippen LogP contribution in [-0.2, 0) is 16.1 Å². The summed E-state index contributed by atoms with van der Waals surface area (Å²) in [4.78, 5) is 10.4. The third kappa shape index (κ3) is 5.13. The molecule has 2 saturated heterocycles. The van der Waals surface area contributed by atoms with E-state index >= 15 is 0 Å². The molecule has 7 nitrogen and oxygen atoms in total. The molecule has 3 rings (SSSR count). The molecule has 0 radical (unpaired) electrons. The highest BCUT2D eigenvalue weighted by atomic mass is 19.2. The molecule has 2 atom stereocenters. The van der Waals surface area contributed by atoms with Gasteiger partial charge >= 0.3 is 0 Å². The van der Waals surface area contributed by atoms with Crippen LogP contribution in [0.4, 0.5) is 8.78 Å². The van der Waals surface area contributed by atoms with Gasteiger partial charge in [-0.3, -0.25) is 9.69 Å². The Balaban J connectivity index is 0.000000817. The van der Waals surface area contributed by atoms with Crippen LogP contribution in [0.25, 0.3) is 0 Å². The molecule has 3 N–H and O–H groups in total. The van der Waals surface area contributed by atoms with Crippen molar-refractivity contribution in [3.05, 3.63) is 29.3 Å². The number of nitrogens with zero attached hydrogens (tertiary/aromatic N) is 1. The van der Waals surface area contributed by atoms with Gasteiger partial charge in [0, 0.05) is 31.6 Å². The highest BCUT2D eigenvalue weighted by molar-refractivity contribution is 5.35. The smallest absolute Gasteiger partial charge is 0.290 e. The molecule has 0 aliphatic carbocycles. The van der Waals surface area contributed by atoms with Crippen LogP contribution in [0.15, 0.2) is 12.1 Å². The van der Waals surface area contributed by atoms with Gasteiger partial charge in [0.2, 0.25) is 0 Å². The summed E-state index contributed by atoms with van der Waals surface area (Å²) in [7, 11) is 1.43. The van der Waals surface area contributed by atoms with Gasteiger partial charge in [-0.25, -0.2) is 8.78 Å². The molecule has 152 valence electrons. The quantitative estimate of drug-likeness (QED) is 0.667. The Morgan fingerprint density at radius 3 is 2.48 bits per heavy atom. The summed E-state index contributed by atoms with van der Waals surface area (Å²) in [6.07, 6.45) is 0.150. The normalized spacial score (nSPS) is 24.8. The fraction of sp³-hybridized carbons (Fsp3) is 0.611. The van der Waals surface area contributed by atoms with Gasteiger partial charge in [-0.2, -0.15) is 0 Å². The zero-order valence-corrected chi connectivity index (χ0v) is 15.1. The van der Waals surface area contributed by atoms with Crippen LogP contribution in [-0.4, -0.2) is 71.3 Å². The van der Waals surface area contributed by atoms with Crippen molar-refractivity contribution in [2.24, 2.45) is 0 Å². The first kappa shape index (κ1) is 21.5. The molecule has 1 aromatic rings. The SMILES string of the molecule is COc1ccc(F)c(F)c1CN1CCC2(CC1)C[C@@H](O)[C@@H](O)CO2.O=CO. The molecule has 2 aliphatic heterocycles. The average Bonchev–Trinajstić information content (AvgIpc) is 2.65. The maximum absolute atomic E-state index is 14.1. The van der Waals surface area contributed by atoms with Crippen LogP contribution in [0.3, 0.4) is 0 Å². The summed E-state index contributed by atoms with van der Waals surface area (Å²) in [5.41, 5.74) is -0.215. The molecule has 1 spiro atoms. The number of carbonyl (C=O) groups is 1. The summed E-state index contributed by atoms with van der Waals surface area (Å²) in [5.74, 6) is -1.42. The van der Waals surface area contributed by atoms with Crippen LogP contribution in [0.5, 0.6) is 5.75 Å². The summed E-state index contributed by atoms with van der Waals surface area (Å²) in [5, 5.41) is 26.3. The zero-order chi connectivity index (χ0) is 20.0. The lowest BCUT2D eigenvalue weighted by molar-refractivity contribution is -0.188. The summed E-state index contributed by atoms with van der Waals surface area (Å²) in [6.45, 7) is 1.42. The number of hydrogen-bond acceptors (Lipinski definition) is 6. The number of halogens is 2. The van der Waals surface area contributed by atoms with Crippen molar-refractivity contribution in [2.75, 3.05) is 26.8 Å². The van der Waals surface area contributed by atoms with E-state index in [0.29, 0.717) is 38.1 Å². The molecule has 2 aliphatic rings. The Morgan fingerprint density at radius 2 is 1.93 bits per heavy atom. The van der Waals surface area contributed by atoms with E-state index in [1.807, 2.05) is 4.90 Å². The zero-order valence-electron chi connectivity index (χ0n) is 15.1. The number of likely N-dealkylation sites (tertiary alicyclic amines) is 1. The van der Waals surface area contributed by atoms with E-state index in [1.54, 1.807) is 0 Å². The molecule has 27 heavy (non-hydrogen) atoms. The standard InChI is InChI=1S/C17H23F2NO4.CH2O2/c1-23-15-3-2-12(18)16(19)11(15)9-20-6-4-17(5-7-20)8-13(21)14(22)10-24-17;2-1-3/h2-3,13-14,21-22H,4-10H2,1H3;1H,(H,2,3)/t13-,14+;/m1./s1. The Labute approximate surface area is 156 Å². The number of aliphatic hydroxyl groups is 2. The number of carboxylic acid groups (broad SMARTS) is 1. The van der Waals surface area contributed by atoms with Crippen molar-refractivity contribution in [1.82, 2.24) is 4.90 Å². The monoisotopic (exact) mass is 389 g/mol. The number of hydrogen-bond donors (Lipinski definition) is 3. The lowest BCUT2D eigenvalue weighted by Crippen LogP contribution is -2.54. The van der Waals surface area contributed by atoms with Gasteiger partial charge in [0.15, 0.2) is 11.6 Å². The Kier molecular flexibility index (Phi) is 7.49. The first-order chi connectivity index (χ1) is 12.9. The predicted octanol–water partition coefficient (Wildman–Crippen LogP) is 1.15. The van der Waals surface area contributed by atoms with Gasteiger partial charge in [-0.05, 0) is 25.0 Å². The van der Waals surface area contributed by atoms with Gasteiger partial charge in [-0.1, -0.05) is 0 Å². The van der Waals surface area contributed by atoms with Crippen LogP contribution >= 0.6 is 0 Å². The van der Waals surface area contributed by atoms with Crippen molar-refractivity contribution >= 4 is 6.47 Å². The van der Waals surface area contributed by atoms with E-state index in [2.05, 4.69) is 0 Å². The molecule has 2 heterocycles. The summed E-state index contributed by atoms with van der Waals surface area (Å²) >= 11 is 0. The number of methoxy groups -OCH3 is 1. The van der Waals surface area contributed by atoms with Crippen molar-refractivity contribution in [3.63, 3.8) is 0 Å². The van der Waals surface area contributed by atoms with Crippen molar-refractivity contribution < 1.29 is 38.4 Å². The van der Waals surface area contributed by atoms with Crippen LogP contribution < -0.4 is 4.74 Å². The molecule has 0 saturated carbocycles. The Hall–Kier alpha value is -1.81. The van der Waals surface area contributed by atoms with E-state index in [0.717, 1.165) is 6.07 Å². The Morgan fingerprint density at radius 1 is 1.30 bits per heavy atom. The number of benzene rings is 1. The fourth-order valence-electron chi connectivity index (χ4n) is 3.55. The molecule has 1 aromatic carbocycles. The third-order valence-corrected chi connectivity index (χ3v) is 5.11. The fourth-order valence-corrected chi connectivity index (χ4v) is 3.55. The molecule has 9 heteroatoms. The molecular weight excluding hydrogens is 364 g/mol. The summed E-state index contributed by atoms with van der Waals surface area (Å²) in [6, 6.07) is 2.49. The maximum atomic E-state index is 14.1. The number of aliphatic hydroxyl groups excluding tert-OH is 2. The molecule has 0 bridgehead atoms. The maximum Gasteiger partial charge on any atom is 0.290 e. The topological polar surface area (TPSA) is 99.5 Å². The average molecular weight is 389 g/mol. The Bertz CT molecular complexity index is 637. The second kappa shape index (κ2) is 9.41. The minimum Gasteiger partial charge on any atom is -0.496 e. The van der Waals surface area contributed by atoms with Crippen LogP contribution in [0.1, 0.15) is 24.8 Å². The van der Waals surface area contributed by atoms with E-state index < -0.39 is 29.4 Å². The van der Waals surface area contributed by atoms with E-state index in [-0.39, 0.29) is 25.2 Å². The second-order valence-electron chi connectivity index (χ2n) is 6.76. The highest BCUT2D eigenvalue weighted by Crippen LogP contribution is 2.36. The van der Waals surface area contributed by atoms with E-state index in [9.17, 15) is 19.0 Å². The van der Waals surface area contributed by atoms with Gasteiger partial charge in [0.05, 0.1) is 25.4 Å². The van der Waals surface area contributed by atoms with Gasteiger partial charge < -0.3 is 24.8 Å². The number of ether oxygens (including phenoxy) is 2. The molecule has 2 fully saturated rings. The molecule has 0 aromatic heterocycles. The van der Waals surface area contributed by atoms with Crippen LogP contribution in [0.2, 0.25) is 0 Å². The molecule has 0 unspecified atom stereocenters. The minimum atomic E-state index is -0.882. The van der Waals surface area contributed by atoms with Crippen molar-refractivity contribution in [1.29, 1.82) is 0 Å². The molecule has 0 amide bonds. The first-order valence-electron chi connectivity index (χ1n) is 8.67. The number of piperidine rings is 1. The highest BCUT2D eigenvalue weighted by Gasteiger charge is 2.43. The van der Waals surface area contributed by atoms with Gasteiger partial charge in [0.1, 0.15) is 11.9 Å². The minimum absolute atomic E-state index is 0.132. The van der Waals surface area contributed by atoms with Gasteiger partial charge in [-0.15, -0.1) is 0 Å². The largest absolute Gasteiger partial charge is 0.496 e. The number of rotatable bonds is 3. The predicted molar refractivity (Wildman–Crippen MR) is 91.4 cm³/mol. The van der Waals surface area contributed by atoms with E-state index in [4.69, 9.17) is 19.4 Å². The first-order valence-corrected chi connectivity index (χ1v) is 8.67.